The molecule has 0 aliphatic rings. The maximum absolute atomic E-state index is 5.22. The molecule has 0 aliphatic carbocycles. The molecule has 0 bridgehead atoms. The number of allylic oxidation sites excluding steroid dienone is 1. The SMILES string of the molecule is C=C(C)On1nnc2ccccc21.[B-]=S. The van der Waals surface area contributed by atoms with Gasteiger partial charge in [-0.15, -0.1) is 5.10 Å². The van der Waals surface area contributed by atoms with E-state index in [9.17, 15) is 0 Å². The summed E-state index contributed by atoms with van der Waals surface area (Å²) in [7, 11) is 0. The van der Waals surface area contributed by atoms with Crippen molar-refractivity contribution in [3.8, 4) is 0 Å². The van der Waals surface area contributed by atoms with Crippen molar-refractivity contribution in [3.05, 3.63) is 36.6 Å². The molecule has 2 radical (unpaired) electrons. The third-order valence-electron chi connectivity index (χ3n) is 1.56. The van der Waals surface area contributed by atoms with Crippen molar-refractivity contribution in [2.75, 3.05) is 0 Å². The van der Waals surface area contributed by atoms with Gasteiger partial charge in [-0.25, -0.2) is 0 Å². The van der Waals surface area contributed by atoms with E-state index in [0.717, 1.165) is 11.0 Å². The number of aromatic nitrogens is 3. The van der Waals surface area contributed by atoms with Gasteiger partial charge in [-0.2, -0.15) is 0 Å². The van der Waals surface area contributed by atoms with Crippen LogP contribution >= 0.6 is 12.1 Å². The van der Waals surface area contributed by atoms with E-state index in [0.29, 0.717) is 5.76 Å². The average Bonchev–Trinajstić information content (AvgIpc) is 2.64. The smallest absolute Gasteiger partial charge is 0.131 e. The lowest BCUT2D eigenvalue weighted by Gasteiger charge is -2.01. The number of rotatable bonds is 2. The van der Waals surface area contributed by atoms with Crippen LogP contribution in [0.15, 0.2) is 36.6 Å². The molecular weight excluding hydrogens is 209 g/mol. The number of para-hydroxylation sites is 1. The van der Waals surface area contributed by atoms with Crippen molar-refractivity contribution < 1.29 is 4.84 Å². The molecule has 0 unspecified atom stereocenters. The van der Waals surface area contributed by atoms with E-state index in [1.54, 1.807) is 6.92 Å². The van der Waals surface area contributed by atoms with Gasteiger partial charge in [-0.05, 0) is 24.3 Å². The van der Waals surface area contributed by atoms with Crippen molar-refractivity contribution in [3.63, 3.8) is 0 Å². The van der Waals surface area contributed by atoms with Crippen LogP contribution in [-0.2, 0) is 0 Å². The van der Waals surface area contributed by atoms with Gasteiger partial charge < -0.3 is 23.6 Å². The first-order chi connectivity index (χ1) is 7.27. The van der Waals surface area contributed by atoms with Gasteiger partial charge in [-0.1, -0.05) is 23.6 Å². The van der Waals surface area contributed by atoms with E-state index in [2.05, 4.69) is 35.7 Å². The molecule has 2 rings (SSSR count). The Morgan fingerprint density at radius 1 is 1.47 bits per heavy atom. The molecule has 76 valence electrons. The van der Waals surface area contributed by atoms with Gasteiger partial charge in [-0.3, -0.25) is 0 Å². The summed E-state index contributed by atoms with van der Waals surface area (Å²) in [6.07, 6.45) is 0. The predicted octanol–water partition coefficient (Wildman–Crippen LogP) is 1.66. The van der Waals surface area contributed by atoms with E-state index in [1.165, 1.54) is 4.85 Å². The first-order valence-electron chi connectivity index (χ1n) is 4.15. The first kappa shape index (κ1) is 11.5. The van der Waals surface area contributed by atoms with Crippen molar-refractivity contribution >= 4 is 29.8 Å². The van der Waals surface area contributed by atoms with Crippen molar-refractivity contribution in [1.82, 2.24) is 15.2 Å². The van der Waals surface area contributed by atoms with Crippen LogP contribution < -0.4 is 4.84 Å². The minimum atomic E-state index is 0.579. The minimum absolute atomic E-state index is 0.579. The first-order valence-corrected chi connectivity index (χ1v) is 4.62. The largest absolute Gasteiger partial charge is 0.503 e. The Morgan fingerprint density at radius 3 is 2.80 bits per heavy atom. The number of nitrogens with zero attached hydrogens (tertiary/aromatic N) is 3. The lowest BCUT2D eigenvalue weighted by molar-refractivity contribution is 0.154. The molecule has 4 nitrogen and oxygen atoms in total. The second-order valence-electron chi connectivity index (χ2n) is 2.74. The third kappa shape index (κ3) is 2.70. The maximum atomic E-state index is 5.22. The Morgan fingerprint density at radius 2 is 2.13 bits per heavy atom. The molecule has 1 heterocycles. The number of hydrogen-bond donors (Lipinski definition) is 0. The summed E-state index contributed by atoms with van der Waals surface area (Å²) in [5, 5.41) is 7.74. The molecule has 1 aromatic carbocycles. The topological polar surface area (TPSA) is 39.9 Å². The van der Waals surface area contributed by atoms with Crippen LogP contribution in [0.5, 0.6) is 0 Å². The highest BCUT2D eigenvalue weighted by Crippen LogP contribution is 2.08. The number of fused-ring (bicyclic) bond motifs is 1. The van der Waals surface area contributed by atoms with Gasteiger partial charge >= 0.3 is 0 Å². The molecule has 0 atom stereocenters. The standard InChI is InChI=1S/C9H9N3O.BS/c1-7(2)13-12-9-6-4-3-5-8(9)10-11-12;1-2/h3-6H,1H2,2H3;/q;-1. The van der Waals surface area contributed by atoms with E-state index in [-0.39, 0.29) is 0 Å². The van der Waals surface area contributed by atoms with Gasteiger partial charge in [0, 0.05) is 0 Å². The van der Waals surface area contributed by atoms with E-state index in [4.69, 9.17) is 4.84 Å². The normalized spacial score (nSPS) is 9.13. The Labute approximate surface area is 93.8 Å². The molecule has 0 saturated heterocycles. The Hall–Kier alpha value is -1.56. The Bertz CT molecular complexity index is 471. The molecule has 0 saturated carbocycles. The lowest BCUT2D eigenvalue weighted by Crippen LogP contribution is -2.09. The van der Waals surface area contributed by atoms with Gasteiger partial charge in [0.1, 0.15) is 16.8 Å². The van der Waals surface area contributed by atoms with E-state index >= 15 is 0 Å². The van der Waals surface area contributed by atoms with Crippen molar-refractivity contribution in [2.24, 2.45) is 0 Å². The summed E-state index contributed by atoms with van der Waals surface area (Å²) in [6.45, 7) is 9.47. The van der Waals surface area contributed by atoms with Crippen LogP contribution in [0.1, 0.15) is 6.92 Å². The zero-order chi connectivity index (χ0) is 11.3. The Balaban J connectivity index is 0.000000531. The highest BCUT2D eigenvalue weighted by Gasteiger charge is 2.02. The van der Waals surface area contributed by atoms with Crippen LogP contribution in [0.2, 0.25) is 0 Å². The molecule has 15 heavy (non-hydrogen) atoms. The van der Waals surface area contributed by atoms with Gasteiger partial charge in [0.25, 0.3) is 0 Å². The summed E-state index contributed by atoms with van der Waals surface area (Å²) in [5.41, 5.74) is 1.65. The van der Waals surface area contributed by atoms with Crippen LogP contribution in [0.4, 0.5) is 0 Å². The maximum Gasteiger partial charge on any atom is 0.131 e. The fraction of sp³-hybridized carbons (Fsp3) is 0.111. The molecule has 6 heteroatoms. The molecule has 0 N–H and O–H groups in total. The lowest BCUT2D eigenvalue weighted by atomic mass is 10.3. The highest BCUT2D eigenvalue weighted by molar-refractivity contribution is 7.83. The van der Waals surface area contributed by atoms with Crippen LogP contribution in [0, 0.1) is 0 Å². The molecule has 0 spiro atoms. The summed E-state index contributed by atoms with van der Waals surface area (Å²) < 4.78 is 0. The minimum Gasteiger partial charge on any atom is -0.503 e. The van der Waals surface area contributed by atoms with Gasteiger partial charge in [0.2, 0.25) is 0 Å². The van der Waals surface area contributed by atoms with Gasteiger partial charge in [0.05, 0.1) is 0 Å². The number of benzene rings is 1. The number of hydrogen-bond acceptors (Lipinski definition) is 4. The van der Waals surface area contributed by atoms with E-state index in [1.807, 2.05) is 24.3 Å². The van der Waals surface area contributed by atoms with Gasteiger partial charge in [0.15, 0.2) is 0 Å². The summed E-state index contributed by atoms with van der Waals surface area (Å²) in [5.74, 6) is 0.579. The van der Waals surface area contributed by atoms with Crippen LogP contribution in [0.25, 0.3) is 11.0 Å². The summed E-state index contributed by atoms with van der Waals surface area (Å²) in [6, 6.07) is 7.57. The molecular formula is C9H9BN3OS-. The third-order valence-corrected chi connectivity index (χ3v) is 1.56. The second-order valence-corrected chi connectivity index (χ2v) is 2.74. The zero-order valence-electron chi connectivity index (χ0n) is 8.25. The molecule has 0 amide bonds. The predicted molar refractivity (Wildman–Crippen MR) is 62.3 cm³/mol. The summed E-state index contributed by atoms with van der Waals surface area (Å²) >= 11 is 3.58. The van der Waals surface area contributed by atoms with E-state index < -0.39 is 0 Å². The molecule has 2 aromatic rings. The molecule has 0 aliphatic heterocycles. The summed E-state index contributed by atoms with van der Waals surface area (Å²) in [4.78, 5) is 6.57. The van der Waals surface area contributed by atoms with Crippen molar-refractivity contribution in [1.29, 1.82) is 0 Å². The average molecular weight is 218 g/mol. The second kappa shape index (κ2) is 5.36. The zero-order valence-corrected chi connectivity index (χ0v) is 9.07. The quantitative estimate of drug-likeness (QED) is 0.567. The fourth-order valence-corrected chi connectivity index (χ4v) is 1.06. The molecule has 1 aromatic heterocycles. The van der Waals surface area contributed by atoms with Crippen molar-refractivity contribution in [2.45, 2.75) is 6.92 Å². The highest BCUT2D eigenvalue weighted by atomic mass is 32.1. The van der Waals surface area contributed by atoms with Crippen LogP contribution in [-0.4, -0.2) is 21.9 Å². The van der Waals surface area contributed by atoms with Crippen LogP contribution in [0.3, 0.4) is 0 Å². The monoisotopic (exact) mass is 218 g/mol. The molecule has 0 fully saturated rings. The fourth-order valence-electron chi connectivity index (χ4n) is 1.06. The Kier molecular flexibility index (Phi) is 4.11.